The Morgan fingerprint density at radius 2 is 1.96 bits per heavy atom. The minimum absolute atomic E-state index is 0.0690. The van der Waals surface area contributed by atoms with Crippen molar-refractivity contribution >= 4 is 21.4 Å². The predicted octanol–water partition coefficient (Wildman–Crippen LogP) is 2.32. The number of sulfonamides is 1. The molecule has 1 aromatic heterocycles. The molecule has 0 amide bonds. The number of piperazine rings is 1. The molecule has 1 aliphatic heterocycles. The summed E-state index contributed by atoms with van der Waals surface area (Å²) in [6.07, 6.45) is 0. The van der Waals surface area contributed by atoms with E-state index in [-0.39, 0.29) is 6.04 Å². The van der Waals surface area contributed by atoms with E-state index in [4.69, 9.17) is 0 Å². The summed E-state index contributed by atoms with van der Waals surface area (Å²) in [6, 6.07) is 9.19. The van der Waals surface area contributed by atoms with Crippen molar-refractivity contribution in [1.29, 1.82) is 0 Å². The lowest BCUT2D eigenvalue weighted by Gasteiger charge is -2.37. The molecule has 1 saturated heterocycles. The Labute approximate surface area is 154 Å². The maximum absolute atomic E-state index is 12.7. The van der Waals surface area contributed by atoms with Gasteiger partial charge in [-0.15, -0.1) is 0 Å². The van der Waals surface area contributed by atoms with Gasteiger partial charge in [0.15, 0.2) is 0 Å². The number of nitrogens with one attached hydrogen (secondary N) is 1. The van der Waals surface area contributed by atoms with E-state index in [1.807, 2.05) is 18.4 Å². The van der Waals surface area contributed by atoms with E-state index in [9.17, 15) is 8.42 Å². The minimum atomic E-state index is -3.50. The van der Waals surface area contributed by atoms with E-state index in [0.717, 1.165) is 31.7 Å². The molecule has 1 unspecified atom stereocenters. The SMILES string of the molecule is Cc1cccc(S(=O)(=O)NCC(c2ccsc2)N2CCN(C)CC2)c1. The van der Waals surface area contributed by atoms with Crippen LogP contribution in [0.5, 0.6) is 0 Å². The van der Waals surface area contributed by atoms with Crippen LogP contribution in [0.15, 0.2) is 46.0 Å². The van der Waals surface area contributed by atoms with Crippen molar-refractivity contribution < 1.29 is 8.42 Å². The summed E-state index contributed by atoms with van der Waals surface area (Å²) < 4.78 is 28.1. The third kappa shape index (κ3) is 4.68. The van der Waals surface area contributed by atoms with Crippen LogP contribution in [0.3, 0.4) is 0 Å². The fourth-order valence-electron chi connectivity index (χ4n) is 3.11. The fourth-order valence-corrected chi connectivity index (χ4v) is 4.96. The van der Waals surface area contributed by atoms with Crippen LogP contribution >= 0.6 is 11.3 Å². The van der Waals surface area contributed by atoms with E-state index in [1.165, 1.54) is 5.56 Å². The van der Waals surface area contributed by atoms with Crippen LogP contribution < -0.4 is 4.72 Å². The van der Waals surface area contributed by atoms with Crippen molar-refractivity contribution in [3.63, 3.8) is 0 Å². The molecule has 0 aliphatic carbocycles. The second-order valence-corrected chi connectivity index (χ2v) is 9.13. The molecule has 1 fully saturated rings. The highest BCUT2D eigenvalue weighted by Crippen LogP contribution is 2.24. The quantitative estimate of drug-likeness (QED) is 0.837. The Morgan fingerprint density at radius 1 is 1.20 bits per heavy atom. The molecule has 1 aliphatic rings. The second kappa shape index (κ2) is 7.97. The van der Waals surface area contributed by atoms with Crippen LogP contribution in [-0.2, 0) is 10.0 Å². The first kappa shape index (κ1) is 18.5. The number of hydrogen-bond donors (Lipinski definition) is 1. The van der Waals surface area contributed by atoms with Crippen molar-refractivity contribution in [2.75, 3.05) is 39.8 Å². The summed E-state index contributed by atoms with van der Waals surface area (Å²) >= 11 is 1.65. The molecule has 1 aromatic carbocycles. The average Bonchev–Trinajstić information content (AvgIpc) is 3.11. The van der Waals surface area contributed by atoms with Crippen LogP contribution in [-0.4, -0.2) is 58.0 Å². The number of thiophene rings is 1. The number of hydrogen-bond acceptors (Lipinski definition) is 5. The van der Waals surface area contributed by atoms with Gasteiger partial charge in [-0.3, -0.25) is 4.90 Å². The molecule has 7 heteroatoms. The molecule has 1 N–H and O–H groups in total. The summed E-state index contributed by atoms with van der Waals surface area (Å²) in [6.45, 7) is 6.19. The van der Waals surface area contributed by atoms with Gasteiger partial charge in [-0.2, -0.15) is 11.3 Å². The molecule has 2 heterocycles. The average molecular weight is 380 g/mol. The summed E-state index contributed by atoms with van der Waals surface area (Å²) in [5, 5.41) is 4.16. The maximum Gasteiger partial charge on any atom is 0.240 e. The molecule has 3 rings (SSSR count). The van der Waals surface area contributed by atoms with Crippen molar-refractivity contribution in [3.05, 3.63) is 52.2 Å². The number of likely N-dealkylation sites (N-methyl/N-ethyl adjacent to an activating group) is 1. The first-order valence-electron chi connectivity index (χ1n) is 8.47. The Balaban J connectivity index is 1.74. The largest absolute Gasteiger partial charge is 0.304 e. The van der Waals surface area contributed by atoms with E-state index < -0.39 is 10.0 Å². The van der Waals surface area contributed by atoms with Crippen molar-refractivity contribution in [2.45, 2.75) is 17.9 Å². The highest BCUT2D eigenvalue weighted by molar-refractivity contribution is 7.89. The minimum Gasteiger partial charge on any atom is -0.304 e. The van der Waals surface area contributed by atoms with Crippen LogP contribution in [0.1, 0.15) is 17.2 Å². The van der Waals surface area contributed by atoms with Gasteiger partial charge >= 0.3 is 0 Å². The number of benzene rings is 1. The summed E-state index contributed by atoms with van der Waals surface area (Å²) in [5.74, 6) is 0. The van der Waals surface area contributed by atoms with E-state index in [0.29, 0.717) is 11.4 Å². The van der Waals surface area contributed by atoms with Gasteiger partial charge in [0, 0.05) is 38.8 Å². The smallest absolute Gasteiger partial charge is 0.240 e. The zero-order valence-electron chi connectivity index (χ0n) is 14.7. The van der Waals surface area contributed by atoms with E-state index in [2.05, 4.69) is 33.0 Å². The monoisotopic (exact) mass is 379 g/mol. The molecular formula is C18H25N3O2S2. The summed E-state index contributed by atoms with van der Waals surface area (Å²) in [7, 11) is -1.38. The Kier molecular flexibility index (Phi) is 5.91. The second-order valence-electron chi connectivity index (χ2n) is 6.58. The molecule has 5 nitrogen and oxygen atoms in total. The molecule has 0 radical (unpaired) electrons. The molecule has 0 saturated carbocycles. The van der Waals surface area contributed by atoms with Crippen LogP contribution in [0.2, 0.25) is 0 Å². The molecule has 2 aromatic rings. The third-order valence-corrected chi connectivity index (χ3v) is 6.80. The lowest BCUT2D eigenvalue weighted by atomic mass is 10.1. The molecule has 136 valence electrons. The Morgan fingerprint density at radius 3 is 2.60 bits per heavy atom. The fraction of sp³-hybridized carbons (Fsp3) is 0.444. The van der Waals surface area contributed by atoms with Gasteiger partial charge in [-0.25, -0.2) is 13.1 Å². The molecule has 0 spiro atoms. The third-order valence-electron chi connectivity index (χ3n) is 4.67. The summed E-state index contributed by atoms with van der Waals surface area (Å²) in [5.41, 5.74) is 2.12. The lowest BCUT2D eigenvalue weighted by Crippen LogP contribution is -2.48. The van der Waals surface area contributed by atoms with Crippen LogP contribution in [0, 0.1) is 6.92 Å². The Bertz CT molecular complexity index is 782. The van der Waals surface area contributed by atoms with Crippen LogP contribution in [0.4, 0.5) is 0 Å². The molecule has 25 heavy (non-hydrogen) atoms. The van der Waals surface area contributed by atoms with E-state index >= 15 is 0 Å². The zero-order valence-corrected chi connectivity index (χ0v) is 16.3. The van der Waals surface area contributed by atoms with Gasteiger partial charge in [0.25, 0.3) is 0 Å². The van der Waals surface area contributed by atoms with E-state index in [1.54, 1.807) is 29.5 Å². The van der Waals surface area contributed by atoms with Gasteiger partial charge < -0.3 is 4.90 Å². The topological polar surface area (TPSA) is 52.7 Å². The number of aryl methyl sites for hydroxylation is 1. The highest BCUT2D eigenvalue weighted by Gasteiger charge is 2.26. The first-order chi connectivity index (χ1) is 12.0. The van der Waals surface area contributed by atoms with Gasteiger partial charge in [0.1, 0.15) is 0 Å². The van der Waals surface area contributed by atoms with Crippen molar-refractivity contribution in [1.82, 2.24) is 14.5 Å². The van der Waals surface area contributed by atoms with Gasteiger partial charge in [-0.05, 0) is 54.1 Å². The highest BCUT2D eigenvalue weighted by atomic mass is 32.2. The number of rotatable bonds is 6. The number of nitrogens with zero attached hydrogens (tertiary/aromatic N) is 2. The molecule has 0 bridgehead atoms. The van der Waals surface area contributed by atoms with Gasteiger partial charge in [-0.1, -0.05) is 12.1 Å². The van der Waals surface area contributed by atoms with Gasteiger partial charge in [0.2, 0.25) is 10.0 Å². The predicted molar refractivity (Wildman–Crippen MR) is 102 cm³/mol. The lowest BCUT2D eigenvalue weighted by molar-refractivity contribution is 0.113. The standard InChI is InChI=1S/C18H25N3O2S2/c1-15-4-3-5-17(12-15)25(22,23)19-13-18(16-6-11-24-14-16)21-9-7-20(2)8-10-21/h3-6,11-12,14,18-19H,7-10,13H2,1-2H3. The molecular weight excluding hydrogens is 354 g/mol. The van der Waals surface area contributed by atoms with Crippen molar-refractivity contribution in [2.24, 2.45) is 0 Å². The van der Waals surface area contributed by atoms with Crippen LogP contribution in [0.25, 0.3) is 0 Å². The molecule has 1 atom stereocenters. The maximum atomic E-state index is 12.7. The normalized spacial score (nSPS) is 18.3. The van der Waals surface area contributed by atoms with Crippen molar-refractivity contribution in [3.8, 4) is 0 Å². The Hall–Kier alpha value is -1.25. The van der Waals surface area contributed by atoms with Gasteiger partial charge in [0.05, 0.1) is 4.90 Å². The zero-order chi connectivity index (χ0) is 17.9. The summed E-state index contributed by atoms with van der Waals surface area (Å²) in [4.78, 5) is 5.01. The first-order valence-corrected chi connectivity index (χ1v) is 10.9.